The number of H-pyrrole nitrogens is 1. The van der Waals surface area contributed by atoms with Crippen molar-refractivity contribution in [1.82, 2.24) is 9.97 Å². The van der Waals surface area contributed by atoms with Gasteiger partial charge in [-0.15, -0.1) is 0 Å². The Labute approximate surface area is 176 Å². The number of rotatable bonds is 5. The molecule has 0 bridgehead atoms. The van der Waals surface area contributed by atoms with E-state index in [1.807, 2.05) is 18.2 Å². The lowest BCUT2D eigenvalue weighted by molar-refractivity contribution is 0.977. The summed E-state index contributed by atoms with van der Waals surface area (Å²) in [5.74, 6) is 0. The van der Waals surface area contributed by atoms with E-state index in [1.165, 1.54) is 6.34 Å². The van der Waals surface area contributed by atoms with Gasteiger partial charge < -0.3 is 16.0 Å². The fraction of sp³-hybridized carbons (Fsp3) is 0.100. The molecule has 0 fully saturated rings. The summed E-state index contributed by atoms with van der Waals surface area (Å²) >= 11 is 18.2. The van der Waals surface area contributed by atoms with Crippen LogP contribution in [-0.2, 0) is 6.42 Å². The molecule has 8 heteroatoms. The smallest absolute Gasteiger partial charge is 0.147 e. The average Bonchev–Trinajstić information content (AvgIpc) is 3.03. The Morgan fingerprint density at radius 1 is 1.07 bits per heavy atom. The number of benzene rings is 2. The van der Waals surface area contributed by atoms with Crippen LogP contribution >= 0.6 is 34.8 Å². The van der Waals surface area contributed by atoms with Gasteiger partial charge in [0.1, 0.15) is 5.15 Å². The second-order valence-electron chi connectivity index (χ2n) is 6.30. The molecule has 4 N–H and O–H groups in total. The number of hydrogen-bond acceptors (Lipinski definition) is 3. The van der Waals surface area contributed by atoms with Gasteiger partial charge in [0.25, 0.3) is 0 Å². The molecule has 0 aliphatic carbocycles. The zero-order valence-electron chi connectivity index (χ0n) is 14.6. The molecule has 0 saturated heterocycles. The number of aromatic amines is 1. The SMILES string of the molecule is NC=NCCc1cc(Nc2cnc(Cl)c(Cl)c2)cc2c1[nH]c1ccc(Cl)cc12. The summed E-state index contributed by atoms with van der Waals surface area (Å²) in [5, 5.41) is 6.83. The van der Waals surface area contributed by atoms with Gasteiger partial charge in [-0.1, -0.05) is 34.8 Å². The molecule has 0 unspecified atom stereocenters. The van der Waals surface area contributed by atoms with Crippen molar-refractivity contribution in [2.24, 2.45) is 10.7 Å². The molecule has 0 spiro atoms. The van der Waals surface area contributed by atoms with Crippen molar-refractivity contribution in [3.8, 4) is 0 Å². The van der Waals surface area contributed by atoms with Crippen molar-refractivity contribution in [2.45, 2.75) is 6.42 Å². The minimum Gasteiger partial charge on any atom is -0.390 e. The Hall–Kier alpha value is -2.47. The fourth-order valence-electron chi connectivity index (χ4n) is 3.23. The number of anilines is 2. The summed E-state index contributed by atoms with van der Waals surface area (Å²) in [7, 11) is 0. The lowest BCUT2D eigenvalue weighted by atomic mass is 10.0. The van der Waals surface area contributed by atoms with E-state index in [-0.39, 0.29) is 5.15 Å². The van der Waals surface area contributed by atoms with Crippen molar-refractivity contribution in [3.63, 3.8) is 0 Å². The van der Waals surface area contributed by atoms with Crippen molar-refractivity contribution < 1.29 is 0 Å². The van der Waals surface area contributed by atoms with Crippen LogP contribution in [0.5, 0.6) is 0 Å². The van der Waals surface area contributed by atoms with Gasteiger partial charge in [0.05, 0.1) is 23.2 Å². The zero-order valence-corrected chi connectivity index (χ0v) is 16.9. The molecule has 0 radical (unpaired) electrons. The Morgan fingerprint density at radius 3 is 2.71 bits per heavy atom. The van der Waals surface area contributed by atoms with Gasteiger partial charge in [0.2, 0.25) is 0 Å². The molecule has 28 heavy (non-hydrogen) atoms. The third-order valence-electron chi connectivity index (χ3n) is 4.45. The monoisotopic (exact) mass is 431 g/mol. The molecule has 0 aliphatic heterocycles. The van der Waals surface area contributed by atoms with Crippen molar-refractivity contribution >= 4 is 74.3 Å². The topological polar surface area (TPSA) is 79.1 Å². The van der Waals surface area contributed by atoms with E-state index in [9.17, 15) is 0 Å². The number of nitrogens with one attached hydrogen (secondary N) is 2. The maximum Gasteiger partial charge on any atom is 0.147 e. The molecule has 4 rings (SSSR count). The minimum absolute atomic E-state index is 0.272. The van der Waals surface area contributed by atoms with Gasteiger partial charge >= 0.3 is 0 Å². The van der Waals surface area contributed by atoms with E-state index in [0.717, 1.165) is 45.2 Å². The predicted molar refractivity (Wildman–Crippen MR) is 120 cm³/mol. The highest BCUT2D eigenvalue weighted by atomic mass is 35.5. The summed E-state index contributed by atoms with van der Waals surface area (Å²) in [6.45, 7) is 0.597. The highest BCUT2D eigenvalue weighted by Gasteiger charge is 2.12. The number of pyridine rings is 1. The minimum atomic E-state index is 0.272. The standard InChI is InChI=1S/C20H16Cl3N5/c21-12-1-2-18-15(6-12)16-7-13(27-14-8-17(22)20(23)26-9-14)5-11(19(16)28-18)3-4-25-10-24/h1-2,5-10,27-28H,3-4H2,(H2,24,25). The second kappa shape index (κ2) is 7.87. The molecule has 2 aromatic heterocycles. The highest BCUT2D eigenvalue weighted by molar-refractivity contribution is 6.41. The maximum absolute atomic E-state index is 6.22. The van der Waals surface area contributed by atoms with Crippen molar-refractivity contribution in [2.75, 3.05) is 11.9 Å². The number of fused-ring (bicyclic) bond motifs is 3. The summed E-state index contributed by atoms with van der Waals surface area (Å²) in [4.78, 5) is 11.7. The van der Waals surface area contributed by atoms with Crippen LogP contribution in [-0.4, -0.2) is 22.9 Å². The normalized spacial score (nSPS) is 11.7. The Bertz CT molecular complexity index is 1200. The first-order valence-electron chi connectivity index (χ1n) is 8.57. The van der Waals surface area contributed by atoms with Crippen LogP contribution in [0.15, 0.2) is 47.6 Å². The van der Waals surface area contributed by atoms with E-state index in [1.54, 1.807) is 12.3 Å². The Kier molecular flexibility index (Phi) is 5.31. The van der Waals surface area contributed by atoms with Gasteiger partial charge in [-0.05, 0) is 48.4 Å². The van der Waals surface area contributed by atoms with Crippen LogP contribution in [0.4, 0.5) is 11.4 Å². The third kappa shape index (κ3) is 3.74. The summed E-state index contributed by atoms with van der Waals surface area (Å²) < 4.78 is 0. The number of nitrogens with zero attached hydrogens (tertiary/aromatic N) is 2. The van der Waals surface area contributed by atoms with E-state index in [4.69, 9.17) is 40.5 Å². The summed E-state index contributed by atoms with van der Waals surface area (Å²) in [6, 6.07) is 11.7. The van der Waals surface area contributed by atoms with E-state index >= 15 is 0 Å². The van der Waals surface area contributed by atoms with Gasteiger partial charge in [0, 0.05) is 39.1 Å². The van der Waals surface area contributed by atoms with Crippen LogP contribution in [0.25, 0.3) is 21.8 Å². The first-order chi connectivity index (χ1) is 13.5. The third-order valence-corrected chi connectivity index (χ3v) is 5.37. The van der Waals surface area contributed by atoms with E-state index in [0.29, 0.717) is 16.6 Å². The molecular formula is C20H16Cl3N5. The molecule has 5 nitrogen and oxygen atoms in total. The Morgan fingerprint density at radius 2 is 1.93 bits per heavy atom. The zero-order chi connectivity index (χ0) is 19.7. The molecule has 0 saturated carbocycles. The van der Waals surface area contributed by atoms with Gasteiger partial charge in [-0.25, -0.2) is 4.98 Å². The molecule has 142 valence electrons. The molecule has 0 aliphatic rings. The first kappa shape index (κ1) is 18.9. The van der Waals surface area contributed by atoms with Gasteiger partial charge in [-0.2, -0.15) is 0 Å². The molecule has 4 aromatic rings. The number of halogens is 3. The number of aliphatic imine (C=N–C) groups is 1. The van der Waals surface area contributed by atoms with Crippen LogP contribution in [0.1, 0.15) is 5.56 Å². The lowest BCUT2D eigenvalue weighted by Crippen LogP contribution is -1.98. The molecule has 2 aromatic carbocycles. The summed E-state index contributed by atoms with van der Waals surface area (Å²) in [5.41, 5.74) is 10.2. The van der Waals surface area contributed by atoms with Crippen LogP contribution in [0, 0.1) is 0 Å². The highest BCUT2D eigenvalue weighted by Crippen LogP contribution is 2.34. The van der Waals surface area contributed by atoms with Crippen LogP contribution in [0.3, 0.4) is 0 Å². The quantitative estimate of drug-likeness (QED) is 0.207. The molecule has 2 heterocycles. The largest absolute Gasteiger partial charge is 0.390 e. The molecule has 0 amide bonds. The fourth-order valence-corrected chi connectivity index (χ4v) is 3.67. The predicted octanol–water partition coefficient (Wildman–Crippen LogP) is 5.95. The van der Waals surface area contributed by atoms with E-state index < -0.39 is 0 Å². The maximum atomic E-state index is 6.22. The van der Waals surface area contributed by atoms with Crippen molar-refractivity contribution in [3.05, 3.63) is 63.4 Å². The lowest BCUT2D eigenvalue weighted by Gasteiger charge is -2.10. The molecular weight excluding hydrogens is 417 g/mol. The summed E-state index contributed by atoms with van der Waals surface area (Å²) in [6.07, 6.45) is 3.70. The molecule has 0 atom stereocenters. The van der Waals surface area contributed by atoms with Gasteiger partial charge in [-0.3, -0.25) is 4.99 Å². The Balaban J connectivity index is 1.84. The van der Waals surface area contributed by atoms with Crippen LogP contribution in [0.2, 0.25) is 15.2 Å². The number of hydrogen-bond donors (Lipinski definition) is 3. The average molecular weight is 433 g/mol. The van der Waals surface area contributed by atoms with Crippen LogP contribution < -0.4 is 11.1 Å². The number of nitrogens with two attached hydrogens (primary N) is 1. The first-order valence-corrected chi connectivity index (χ1v) is 9.70. The van der Waals surface area contributed by atoms with Crippen molar-refractivity contribution in [1.29, 1.82) is 0 Å². The van der Waals surface area contributed by atoms with Gasteiger partial charge in [0.15, 0.2) is 0 Å². The van der Waals surface area contributed by atoms with E-state index in [2.05, 4.69) is 32.4 Å². The number of aromatic nitrogens is 2. The second-order valence-corrected chi connectivity index (χ2v) is 7.50.